The molecule has 1 aromatic carbocycles. The molecule has 8 heteroatoms. The van der Waals surface area contributed by atoms with E-state index < -0.39 is 5.82 Å². The van der Waals surface area contributed by atoms with E-state index in [9.17, 15) is 9.18 Å². The molecule has 2 aliphatic heterocycles. The number of nitrogens with two attached hydrogens (primary N) is 1. The van der Waals surface area contributed by atoms with Crippen LogP contribution >= 0.6 is 0 Å². The van der Waals surface area contributed by atoms with Crippen LogP contribution in [0.15, 0.2) is 29.7 Å². The smallest absolute Gasteiger partial charge is 0.256 e. The van der Waals surface area contributed by atoms with E-state index in [-0.39, 0.29) is 23.3 Å². The second-order valence-electron chi connectivity index (χ2n) is 5.30. The Morgan fingerprint density at radius 3 is 3.00 bits per heavy atom. The van der Waals surface area contributed by atoms with Crippen LogP contribution in [0.4, 0.5) is 4.39 Å². The van der Waals surface area contributed by atoms with E-state index >= 15 is 0 Å². The molecule has 0 aliphatic carbocycles. The average molecular weight is 301 g/mol. The van der Waals surface area contributed by atoms with Crippen molar-refractivity contribution in [3.63, 3.8) is 0 Å². The van der Waals surface area contributed by atoms with Gasteiger partial charge in [0.2, 0.25) is 0 Å². The summed E-state index contributed by atoms with van der Waals surface area (Å²) in [5, 5.41) is 11.9. The molecule has 0 radical (unpaired) electrons. The predicted octanol–water partition coefficient (Wildman–Crippen LogP) is 1.01. The summed E-state index contributed by atoms with van der Waals surface area (Å²) in [6.07, 6.45) is 2.26. The Morgan fingerprint density at radius 2 is 2.32 bits per heavy atom. The van der Waals surface area contributed by atoms with E-state index in [1.807, 2.05) is 0 Å². The van der Waals surface area contributed by atoms with Crippen molar-refractivity contribution in [2.75, 3.05) is 6.54 Å². The predicted molar refractivity (Wildman–Crippen MR) is 74.4 cm³/mol. The monoisotopic (exact) mass is 301 g/mol. The van der Waals surface area contributed by atoms with E-state index in [1.165, 1.54) is 24.5 Å². The molecule has 22 heavy (non-hydrogen) atoms. The van der Waals surface area contributed by atoms with E-state index in [0.717, 1.165) is 6.42 Å². The van der Waals surface area contributed by atoms with Gasteiger partial charge in [-0.25, -0.2) is 9.37 Å². The van der Waals surface area contributed by atoms with Gasteiger partial charge in [0, 0.05) is 6.54 Å². The minimum absolute atomic E-state index is 0.112. The number of hydrogen-bond donors (Lipinski definition) is 2. The number of rotatable bonds is 1. The van der Waals surface area contributed by atoms with Gasteiger partial charge in [0.15, 0.2) is 5.84 Å². The fraction of sp³-hybridized carbons (Fsp3) is 0.214. The summed E-state index contributed by atoms with van der Waals surface area (Å²) in [5.41, 5.74) is 7.53. The number of halogens is 1. The van der Waals surface area contributed by atoms with Crippen molar-refractivity contribution in [3.8, 4) is 5.69 Å². The summed E-state index contributed by atoms with van der Waals surface area (Å²) in [6.45, 7) is 0.584. The molecule has 2 aromatic rings. The number of oxime groups is 1. The Morgan fingerprint density at radius 1 is 1.50 bits per heavy atom. The molecule has 1 fully saturated rings. The van der Waals surface area contributed by atoms with Gasteiger partial charge in [-0.2, -0.15) is 0 Å². The van der Waals surface area contributed by atoms with Gasteiger partial charge in [0.25, 0.3) is 5.91 Å². The van der Waals surface area contributed by atoms with Crippen molar-refractivity contribution < 1.29 is 14.4 Å². The molecule has 0 bridgehead atoms. The molecule has 1 aromatic heterocycles. The fourth-order valence-corrected chi connectivity index (χ4v) is 3.07. The zero-order valence-corrected chi connectivity index (χ0v) is 11.4. The van der Waals surface area contributed by atoms with Gasteiger partial charge in [-0.15, -0.1) is 0 Å². The first-order valence-electron chi connectivity index (χ1n) is 6.78. The summed E-state index contributed by atoms with van der Waals surface area (Å²) < 4.78 is 15.3. The first kappa shape index (κ1) is 12.8. The summed E-state index contributed by atoms with van der Waals surface area (Å²) >= 11 is 0. The summed E-state index contributed by atoms with van der Waals surface area (Å²) in [4.78, 5) is 18.4. The van der Waals surface area contributed by atoms with E-state index in [4.69, 9.17) is 10.9 Å². The minimum atomic E-state index is -0.468. The molecule has 1 saturated heterocycles. The van der Waals surface area contributed by atoms with Gasteiger partial charge in [0.1, 0.15) is 17.8 Å². The highest BCUT2D eigenvalue weighted by Crippen LogP contribution is 2.40. The molecule has 3 N–H and O–H groups in total. The number of imidazole rings is 1. The van der Waals surface area contributed by atoms with Crippen LogP contribution in [-0.4, -0.2) is 37.9 Å². The molecule has 1 amide bonds. The van der Waals surface area contributed by atoms with Crippen molar-refractivity contribution in [1.82, 2.24) is 14.5 Å². The Labute approximate surface area is 124 Å². The maximum absolute atomic E-state index is 13.5. The molecule has 7 nitrogen and oxygen atoms in total. The highest BCUT2D eigenvalue weighted by atomic mass is 19.1. The topological polar surface area (TPSA) is 96.7 Å². The Balaban J connectivity index is 2.02. The summed E-state index contributed by atoms with van der Waals surface area (Å²) in [7, 11) is 0. The lowest BCUT2D eigenvalue weighted by molar-refractivity contribution is 0.0459. The van der Waals surface area contributed by atoms with Crippen LogP contribution in [-0.2, 0) is 0 Å². The third-order valence-corrected chi connectivity index (χ3v) is 4.20. The lowest BCUT2D eigenvalue weighted by Gasteiger charge is -2.39. The lowest BCUT2D eigenvalue weighted by Crippen LogP contribution is -2.45. The van der Waals surface area contributed by atoms with E-state index in [1.54, 1.807) is 9.47 Å². The van der Waals surface area contributed by atoms with Gasteiger partial charge in [-0.1, -0.05) is 5.16 Å². The van der Waals surface area contributed by atoms with Crippen molar-refractivity contribution in [1.29, 1.82) is 0 Å². The molecule has 112 valence electrons. The number of carbonyl (C=O) groups is 1. The van der Waals surface area contributed by atoms with Gasteiger partial charge in [-0.05, 0) is 24.6 Å². The van der Waals surface area contributed by atoms with Crippen molar-refractivity contribution in [2.45, 2.75) is 12.5 Å². The number of nitrogens with zero attached hydrogens (tertiary/aromatic N) is 4. The van der Waals surface area contributed by atoms with Gasteiger partial charge < -0.3 is 15.8 Å². The Kier molecular flexibility index (Phi) is 2.50. The van der Waals surface area contributed by atoms with E-state index in [0.29, 0.717) is 23.6 Å². The van der Waals surface area contributed by atoms with Crippen LogP contribution in [0.5, 0.6) is 0 Å². The maximum Gasteiger partial charge on any atom is 0.256 e. The van der Waals surface area contributed by atoms with Crippen molar-refractivity contribution >= 4 is 11.7 Å². The number of benzene rings is 1. The molecule has 0 saturated carbocycles. The zero-order chi connectivity index (χ0) is 15.4. The van der Waals surface area contributed by atoms with Crippen molar-refractivity contribution in [2.24, 2.45) is 10.9 Å². The molecule has 0 spiro atoms. The van der Waals surface area contributed by atoms with Crippen LogP contribution < -0.4 is 5.73 Å². The third kappa shape index (κ3) is 1.51. The zero-order valence-electron chi connectivity index (χ0n) is 11.4. The van der Waals surface area contributed by atoms with Crippen molar-refractivity contribution in [3.05, 3.63) is 47.3 Å². The summed E-state index contributed by atoms with van der Waals surface area (Å²) in [5.74, 6) is -0.803. The molecule has 3 heterocycles. The largest absolute Gasteiger partial charge is 0.409 e. The van der Waals surface area contributed by atoms with Crippen LogP contribution in [0, 0.1) is 5.82 Å². The van der Waals surface area contributed by atoms with Gasteiger partial charge >= 0.3 is 0 Å². The van der Waals surface area contributed by atoms with Crippen LogP contribution in [0.2, 0.25) is 0 Å². The average Bonchev–Trinajstić information content (AvgIpc) is 2.87. The first-order chi connectivity index (χ1) is 10.6. The number of amidine groups is 1. The fourth-order valence-electron chi connectivity index (χ4n) is 3.07. The first-order valence-corrected chi connectivity index (χ1v) is 6.78. The number of carbonyl (C=O) groups excluding carboxylic acids is 1. The summed E-state index contributed by atoms with van der Waals surface area (Å²) in [6, 6.07) is 3.85. The Hall–Kier alpha value is -2.90. The second-order valence-corrected chi connectivity index (χ2v) is 5.30. The molecular formula is C14H12FN5O2. The quantitative estimate of drug-likeness (QED) is 0.355. The van der Waals surface area contributed by atoms with Gasteiger partial charge in [0.05, 0.1) is 23.0 Å². The molecule has 2 aliphatic rings. The van der Waals surface area contributed by atoms with Crippen LogP contribution in [0.1, 0.15) is 34.2 Å². The number of fused-ring (bicyclic) bond motifs is 5. The second kappa shape index (κ2) is 4.30. The number of aromatic nitrogens is 2. The number of amides is 1. The lowest BCUT2D eigenvalue weighted by atomic mass is 9.97. The number of hydrogen-bond acceptors (Lipinski definition) is 4. The van der Waals surface area contributed by atoms with E-state index in [2.05, 4.69) is 10.1 Å². The molecule has 0 unspecified atom stereocenters. The SMILES string of the molecule is NC(=NO)c1ncn2c1[C@@H]1CCN1C(=O)c1cc(F)ccc1-2. The maximum atomic E-state index is 13.5. The Bertz CT molecular complexity index is 829. The van der Waals surface area contributed by atoms with Crippen LogP contribution in [0.25, 0.3) is 5.69 Å². The van der Waals surface area contributed by atoms with Gasteiger partial charge in [-0.3, -0.25) is 9.36 Å². The van der Waals surface area contributed by atoms with Crippen LogP contribution in [0.3, 0.4) is 0 Å². The minimum Gasteiger partial charge on any atom is -0.409 e. The standard InChI is InChI=1S/C14H12FN5O2/c15-7-1-2-9-8(5-7)14(21)19-4-3-10(19)12-11(13(16)18-22)17-6-20(9)12/h1-2,5-6,10,22H,3-4H2,(H2,16,18)/t10-/m0/s1. The third-order valence-electron chi connectivity index (χ3n) is 4.20. The normalized spacial score (nSPS) is 19.9. The molecule has 1 atom stereocenters. The highest BCUT2D eigenvalue weighted by molar-refractivity contribution is 6.01. The molecular weight excluding hydrogens is 289 g/mol. The molecule has 4 rings (SSSR count). The highest BCUT2D eigenvalue weighted by Gasteiger charge is 2.42.